The van der Waals surface area contributed by atoms with E-state index < -0.39 is 11.9 Å². The van der Waals surface area contributed by atoms with Crippen molar-refractivity contribution < 1.29 is 9.47 Å². The first-order valence-corrected chi connectivity index (χ1v) is 7.29. The molecule has 0 radical (unpaired) electrons. The molecule has 0 spiro atoms. The van der Waals surface area contributed by atoms with E-state index >= 15 is 0 Å². The molecule has 0 bridgehead atoms. The number of halogens is 1. The summed E-state index contributed by atoms with van der Waals surface area (Å²) in [6, 6.07) is 1.33. The zero-order valence-corrected chi connectivity index (χ0v) is 13.7. The first-order valence-electron chi connectivity index (χ1n) is 6.33. The van der Waals surface area contributed by atoms with E-state index in [-0.39, 0.29) is 23.6 Å². The molecular formula is C12H18IN3O4. The van der Waals surface area contributed by atoms with Crippen molar-refractivity contribution in [3.8, 4) is 0 Å². The summed E-state index contributed by atoms with van der Waals surface area (Å²) < 4.78 is 13.6. The number of hydrogen-bond donors (Lipinski definition) is 1. The number of hydrogen-bond acceptors (Lipinski definition) is 5. The monoisotopic (exact) mass is 395 g/mol. The fraction of sp³-hybridized carbons (Fsp3) is 0.667. The van der Waals surface area contributed by atoms with Crippen molar-refractivity contribution in [2.24, 2.45) is 5.92 Å². The molecule has 1 aromatic heterocycles. The first-order chi connectivity index (χ1) is 9.51. The number of methoxy groups -OCH3 is 1. The van der Waals surface area contributed by atoms with E-state index in [4.69, 9.17) is 9.47 Å². The molecule has 0 aliphatic carbocycles. The van der Waals surface area contributed by atoms with Crippen LogP contribution in [0.1, 0.15) is 13.2 Å². The Morgan fingerprint density at radius 1 is 1.50 bits per heavy atom. The van der Waals surface area contributed by atoms with Gasteiger partial charge in [0.05, 0.1) is 41.6 Å². The Kier molecular flexibility index (Phi) is 4.99. The molecule has 1 aliphatic heterocycles. The quantitative estimate of drug-likeness (QED) is 0.726. The SMILES string of the molecule is CNC1C(C)[C@@H](COC)O[C@H]1n1ccc(=O)n(I)c1=O. The lowest BCUT2D eigenvalue weighted by molar-refractivity contribution is -0.0435. The van der Waals surface area contributed by atoms with Crippen LogP contribution in [-0.2, 0) is 9.47 Å². The molecule has 1 fully saturated rings. The highest BCUT2D eigenvalue weighted by atomic mass is 127. The van der Waals surface area contributed by atoms with Gasteiger partial charge in [0, 0.05) is 25.3 Å². The largest absolute Gasteiger partial charge is 0.382 e. The summed E-state index contributed by atoms with van der Waals surface area (Å²) in [6.45, 7) is 2.52. The summed E-state index contributed by atoms with van der Waals surface area (Å²) >= 11 is 1.70. The Labute approximate surface area is 130 Å². The average Bonchev–Trinajstić information content (AvgIpc) is 2.73. The molecule has 1 aliphatic rings. The Morgan fingerprint density at radius 2 is 2.20 bits per heavy atom. The normalized spacial score (nSPS) is 29.8. The molecular weight excluding hydrogens is 377 g/mol. The van der Waals surface area contributed by atoms with Crippen LogP contribution < -0.4 is 16.6 Å². The van der Waals surface area contributed by atoms with Gasteiger partial charge in [-0.3, -0.25) is 9.36 Å². The number of nitrogens with zero attached hydrogens (tertiary/aromatic N) is 2. The van der Waals surface area contributed by atoms with Crippen molar-refractivity contribution in [1.29, 1.82) is 0 Å². The summed E-state index contributed by atoms with van der Waals surface area (Å²) in [6.07, 6.45) is 0.935. The van der Waals surface area contributed by atoms with Crippen molar-refractivity contribution in [1.82, 2.24) is 12.7 Å². The van der Waals surface area contributed by atoms with E-state index in [1.165, 1.54) is 16.8 Å². The van der Waals surface area contributed by atoms with Crippen LogP contribution in [0, 0.1) is 5.92 Å². The summed E-state index contributed by atoms with van der Waals surface area (Å²) in [5.74, 6) is 0.187. The highest BCUT2D eigenvalue weighted by Gasteiger charge is 2.42. The van der Waals surface area contributed by atoms with Gasteiger partial charge in [-0.25, -0.2) is 4.79 Å². The predicted octanol–water partition coefficient (Wildman–Crippen LogP) is -0.0240. The number of ether oxygens (including phenoxy) is 2. The smallest absolute Gasteiger partial charge is 0.342 e. The van der Waals surface area contributed by atoms with Gasteiger partial charge in [-0.15, -0.1) is 0 Å². The van der Waals surface area contributed by atoms with Crippen molar-refractivity contribution in [2.75, 3.05) is 20.8 Å². The van der Waals surface area contributed by atoms with Crippen LogP contribution in [0.4, 0.5) is 0 Å². The molecule has 2 unspecified atom stereocenters. The van der Waals surface area contributed by atoms with Crippen LogP contribution in [0.25, 0.3) is 0 Å². The van der Waals surface area contributed by atoms with Crippen molar-refractivity contribution in [3.05, 3.63) is 33.1 Å². The molecule has 1 saturated heterocycles. The molecule has 7 nitrogen and oxygen atoms in total. The topological polar surface area (TPSA) is 74.5 Å². The van der Waals surface area contributed by atoms with Gasteiger partial charge in [0.25, 0.3) is 5.56 Å². The van der Waals surface area contributed by atoms with E-state index in [9.17, 15) is 9.59 Å². The molecule has 2 rings (SSSR count). The van der Waals surface area contributed by atoms with Gasteiger partial charge in [0.2, 0.25) is 0 Å². The zero-order valence-electron chi connectivity index (χ0n) is 11.6. The maximum atomic E-state index is 12.2. The third-order valence-electron chi connectivity index (χ3n) is 3.67. The highest BCUT2D eigenvalue weighted by Crippen LogP contribution is 2.32. The third kappa shape index (κ3) is 2.69. The first kappa shape index (κ1) is 15.7. The summed E-state index contributed by atoms with van der Waals surface area (Å²) in [7, 11) is 3.45. The summed E-state index contributed by atoms with van der Waals surface area (Å²) in [5, 5.41) is 3.18. The third-order valence-corrected chi connectivity index (χ3v) is 4.56. The van der Waals surface area contributed by atoms with Gasteiger partial charge in [-0.2, -0.15) is 2.78 Å². The Bertz CT molecular complexity index is 585. The maximum Gasteiger partial charge on any atom is 0.342 e. The Morgan fingerprint density at radius 3 is 2.80 bits per heavy atom. The van der Waals surface area contributed by atoms with E-state index in [2.05, 4.69) is 12.2 Å². The molecule has 20 heavy (non-hydrogen) atoms. The van der Waals surface area contributed by atoms with Crippen LogP contribution in [-0.4, -0.2) is 40.3 Å². The zero-order chi connectivity index (χ0) is 14.9. The number of likely N-dealkylation sites (N-methyl/N-ethyl adjacent to an activating group) is 1. The van der Waals surface area contributed by atoms with Gasteiger partial charge >= 0.3 is 5.69 Å². The molecule has 0 aromatic carbocycles. The maximum absolute atomic E-state index is 12.2. The molecule has 112 valence electrons. The van der Waals surface area contributed by atoms with Gasteiger partial charge in [0.15, 0.2) is 6.23 Å². The molecule has 0 saturated carbocycles. The van der Waals surface area contributed by atoms with E-state index in [0.717, 1.165) is 2.78 Å². The Hall–Kier alpha value is -0.710. The molecule has 2 heterocycles. The molecule has 1 N–H and O–H groups in total. The predicted molar refractivity (Wildman–Crippen MR) is 82.2 cm³/mol. The second-order valence-corrected chi connectivity index (χ2v) is 5.78. The summed E-state index contributed by atoms with van der Waals surface area (Å²) in [4.78, 5) is 23.6. The van der Waals surface area contributed by atoms with Gasteiger partial charge < -0.3 is 14.8 Å². The van der Waals surface area contributed by atoms with Crippen LogP contribution in [0.2, 0.25) is 0 Å². The van der Waals surface area contributed by atoms with Gasteiger partial charge in [-0.1, -0.05) is 6.92 Å². The highest BCUT2D eigenvalue weighted by molar-refractivity contribution is 14.1. The van der Waals surface area contributed by atoms with Gasteiger partial charge in [0.1, 0.15) is 0 Å². The average molecular weight is 395 g/mol. The minimum Gasteiger partial charge on any atom is -0.382 e. The fourth-order valence-corrected chi connectivity index (χ4v) is 2.95. The number of nitrogens with one attached hydrogen (secondary N) is 1. The fourth-order valence-electron chi connectivity index (χ4n) is 2.54. The van der Waals surface area contributed by atoms with E-state index in [0.29, 0.717) is 6.61 Å². The second kappa shape index (κ2) is 6.37. The van der Waals surface area contributed by atoms with Gasteiger partial charge in [-0.05, 0) is 7.05 Å². The van der Waals surface area contributed by atoms with Crippen LogP contribution >= 0.6 is 22.9 Å². The number of rotatable bonds is 4. The number of aromatic nitrogens is 2. The lowest BCUT2D eigenvalue weighted by Gasteiger charge is -2.22. The molecule has 0 amide bonds. The van der Waals surface area contributed by atoms with E-state index in [1.54, 1.807) is 30.0 Å². The van der Waals surface area contributed by atoms with Crippen LogP contribution in [0.3, 0.4) is 0 Å². The Balaban J connectivity index is 2.39. The van der Waals surface area contributed by atoms with Crippen molar-refractivity contribution >= 4 is 22.9 Å². The molecule has 8 heteroatoms. The van der Waals surface area contributed by atoms with E-state index in [1.807, 2.05) is 7.05 Å². The second-order valence-electron chi connectivity index (χ2n) is 4.82. The van der Waals surface area contributed by atoms with Crippen LogP contribution in [0.15, 0.2) is 21.9 Å². The minimum absolute atomic E-state index is 0.0262. The lowest BCUT2D eigenvalue weighted by Crippen LogP contribution is -2.43. The molecule has 1 aromatic rings. The standard InChI is InChI=1S/C12H18IN3O4/c1-7-8(6-19-3)20-11(10(7)14-2)15-5-4-9(17)16(13)12(15)18/h4-5,7-8,10-11,14H,6H2,1-3H3/t7?,8-,10?,11-/m1/s1. The molecule has 4 atom stereocenters. The summed E-state index contributed by atoms with van der Waals surface area (Å²) in [5.41, 5.74) is -0.735. The van der Waals surface area contributed by atoms with Crippen LogP contribution in [0.5, 0.6) is 0 Å². The van der Waals surface area contributed by atoms with Crippen molar-refractivity contribution in [2.45, 2.75) is 25.3 Å². The lowest BCUT2D eigenvalue weighted by atomic mass is 9.98. The minimum atomic E-state index is -0.454. The van der Waals surface area contributed by atoms with Crippen molar-refractivity contribution in [3.63, 3.8) is 0 Å².